The Bertz CT molecular complexity index is 352. The normalized spacial score (nSPS) is 17.4. The molecular weight excluding hydrogens is 320 g/mol. The first-order valence-corrected chi connectivity index (χ1v) is 7.11. The van der Waals surface area contributed by atoms with E-state index in [9.17, 15) is 0 Å². The molecule has 5 nitrogen and oxygen atoms in total. The van der Waals surface area contributed by atoms with Crippen LogP contribution in [0.4, 0.5) is 0 Å². The van der Waals surface area contributed by atoms with Gasteiger partial charge in [0.2, 0.25) is 0 Å². The van der Waals surface area contributed by atoms with Crippen molar-refractivity contribution < 1.29 is 46.6 Å². The topological polar surface area (TPSA) is 97.7 Å². The summed E-state index contributed by atoms with van der Waals surface area (Å²) in [5, 5.41) is 22.0. The van der Waals surface area contributed by atoms with Gasteiger partial charge in [-0.1, -0.05) is 24.8 Å². The van der Waals surface area contributed by atoms with Gasteiger partial charge in [-0.3, -0.25) is 9.59 Å². The maximum Gasteiger partial charge on any atom is 2.00 e. The van der Waals surface area contributed by atoms with E-state index in [2.05, 4.69) is 6.42 Å². The Labute approximate surface area is 147 Å². The summed E-state index contributed by atoms with van der Waals surface area (Å²) in [5.41, 5.74) is 7.06. The summed E-state index contributed by atoms with van der Waals surface area (Å²) in [4.78, 5) is 16.7. The third kappa shape index (κ3) is 7.30. The number of hydrogen-bond donors (Lipinski definition) is 2. The zero-order chi connectivity index (χ0) is 16.1. The van der Waals surface area contributed by atoms with Crippen LogP contribution in [0.1, 0.15) is 51.4 Å². The van der Waals surface area contributed by atoms with Crippen LogP contribution in [0.15, 0.2) is 22.3 Å². The van der Waals surface area contributed by atoms with Crippen LogP contribution in [0, 0.1) is 6.42 Å². The molecule has 0 atom stereocenters. The molecule has 0 aromatic heterocycles. The SMILES string of the molecule is C[O-].O=CO.O=CO.[CH-]1CCCC2=C1CC1=C2CCCC1.[Ti+2]. The predicted molar refractivity (Wildman–Crippen MR) is 78.6 cm³/mol. The Kier molecular flexibility index (Phi) is 15.7. The molecule has 0 bridgehead atoms. The van der Waals surface area contributed by atoms with Gasteiger partial charge < -0.3 is 15.3 Å². The van der Waals surface area contributed by atoms with Crippen LogP contribution in [-0.2, 0) is 31.3 Å². The summed E-state index contributed by atoms with van der Waals surface area (Å²) in [6.45, 7) is -0.500. The molecule has 0 unspecified atom stereocenters. The predicted octanol–water partition coefficient (Wildman–Crippen LogP) is 2.32. The summed E-state index contributed by atoms with van der Waals surface area (Å²) in [5.74, 6) is 0. The largest absolute Gasteiger partial charge is 2.00 e. The van der Waals surface area contributed by atoms with E-state index < -0.39 is 0 Å². The molecule has 6 heteroatoms. The number of carboxylic acid groups (broad SMARTS) is 2. The minimum atomic E-state index is -0.250. The monoisotopic (exact) mass is 344 g/mol. The Morgan fingerprint density at radius 1 is 0.955 bits per heavy atom. The molecular formula is C16H24O5Ti. The fourth-order valence-corrected chi connectivity index (χ4v) is 3.12. The zero-order valence-electron chi connectivity index (χ0n) is 13.0. The number of carbonyl (C=O) groups is 2. The van der Waals surface area contributed by atoms with E-state index in [1.54, 1.807) is 22.3 Å². The zero-order valence-corrected chi connectivity index (χ0v) is 14.6. The van der Waals surface area contributed by atoms with Crippen molar-refractivity contribution in [3.05, 3.63) is 28.7 Å². The Hall–Kier alpha value is -1.04. The molecule has 2 N–H and O–H groups in total. The van der Waals surface area contributed by atoms with E-state index in [1.165, 1.54) is 51.4 Å². The molecule has 0 amide bonds. The third-order valence-electron chi connectivity index (χ3n) is 3.76. The Balaban J connectivity index is 0. The maximum absolute atomic E-state index is 8.36. The molecule has 0 aliphatic heterocycles. The van der Waals surface area contributed by atoms with Gasteiger partial charge >= 0.3 is 21.7 Å². The Morgan fingerprint density at radius 3 is 2.05 bits per heavy atom. The summed E-state index contributed by atoms with van der Waals surface area (Å²) in [6, 6.07) is 0. The van der Waals surface area contributed by atoms with Crippen LogP contribution in [-0.4, -0.2) is 30.3 Å². The average molecular weight is 344 g/mol. The number of hydrogen-bond acceptors (Lipinski definition) is 3. The summed E-state index contributed by atoms with van der Waals surface area (Å²) >= 11 is 0. The van der Waals surface area contributed by atoms with Gasteiger partial charge in [0.05, 0.1) is 0 Å². The minimum absolute atomic E-state index is 0. The van der Waals surface area contributed by atoms with Crippen molar-refractivity contribution in [3.63, 3.8) is 0 Å². The molecule has 3 aliphatic rings. The van der Waals surface area contributed by atoms with E-state index in [0.717, 1.165) is 7.11 Å². The van der Waals surface area contributed by atoms with Gasteiger partial charge in [0.25, 0.3) is 12.9 Å². The number of allylic oxidation sites excluding steroid dienone is 4. The molecule has 22 heavy (non-hydrogen) atoms. The van der Waals surface area contributed by atoms with E-state index >= 15 is 0 Å². The smallest absolute Gasteiger partial charge is 0.857 e. The standard InChI is InChI=1S/C13H17.2CH2O2.CH3O.Ti/c1-3-7-12-10(5-1)9-11-6-2-4-8-13(11)12;2*2-1-3;1-2;/h5H,1-4,6-9H2;2*1H,(H,2,3);1H3;/q-1;;;-1;+2. The summed E-state index contributed by atoms with van der Waals surface area (Å²) in [6.07, 6.45) is 13.6. The molecule has 3 rings (SSSR count). The van der Waals surface area contributed by atoms with Crippen LogP contribution >= 0.6 is 0 Å². The second kappa shape index (κ2) is 14.9. The van der Waals surface area contributed by atoms with Gasteiger partial charge in [-0.2, -0.15) is 12.7 Å². The molecule has 122 valence electrons. The van der Waals surface area contributed by atoms with Crippen molar-refractivity contribution in [1.82, 2.24) is 0 Å². The molecule has 0 heterocycles. The van der Waals surface area contributed by atoms with Crippen molar-refractivity contribution in [3.8, 4) is 0 Å². The average Bonchev–Trinajstić information content (AvgIpc) is 2.89. The molecule has 0 radical (unpaired) electrons. The molecule has 0 saturated heterocycles. The second-order valence-corrected chi connectivity index (χ2v) is 4.78. The fourth-order valence-electron chi connectivity index (χ4n) is 3.12. The van der Waals surface area contributed by atoms with Crippen LogP contribution in [0.25, 0.3) is 0 Å². The molecule has 3 aliphatic carbocycles. The minimum Gasteiger partial charge on any atom is -0.857 e. The number of fused-ring (bicyclic) bond motifs is 1. The second-order valence-electron chi connectivity index (χ2n) is 4.78. The van der Waals surface area contributed by atoms with Crippen LogP contribution in [0.5, 0.6) is 0 Å². The van der Waals surface area contributed by atoms with Crippen LogP contribution in [0.3, 0.4) is 0 Å². The van der Waals surface area contributed by atoms with Crippen molar-refractivity contribution >= 4 is 12.9 Å². The van der Waals surface area contributed by atoms with Gasteiger partial charge in [-0.25, -0.2) is 12.0 Å². The summed E-state index contributed by atoms with van der Waals surface area (Å²) < 4.78 is 0. The van der Waals surface area contributed by atoms with E-state index in [1.807, 2.05) is 0 Å². The quantitative estimate of drug-likeness (QED) is 0.399. The Morgan fingerprint density at radius 2 is 1.45 bits per heavy atom. The van der Waals surface area contributed by atoms with Gasteiger partial charge in [0.15, 0.2) is 0 Å². The number of rotatable bonds is 0. The maximum atomic E-state index is 8.36. The summed E-state index contributed by atoms with van der Waals surface area (Å²) in [7, 11) is 0.750. The van der Waals surface area contributed by atoms with Crippen LogP contribution < -0.4 is 5.11 Å². The molecule has 0 spiro atoms. The van der Waals surface area contributed by atoms with Gasteiger partial charge in [-0.05, 0) is 25.7 Å². The molecule has 0 saturated carbocycles. The van der Waals surface area contributed by atoms with Crippen molar-refractivity contribution in [1.29, 1.82) is 0 Å². The van der Waals surface area contributed by atoms with Crippen molar-refractivity contribution in [2.45, 2.75) is 51.4 Å². The van der Waals surface area contributed by atoms with E-state index in [-0.39, 0.29) is 34.7 Å². The third-order valence-corrected chi connectivity index (χ3v) is 3.76. The fraction of sp³-hybridized carbons (Fsp3) is 0.562. The molecule has 0 aromatic carbocycles. The van der Waals surface area contributed by atoms with Crippen molar-refractivity contribution in [2.24, 2.45) is 0 Å². The first-order valence-electron chi connectivity index (χ1n) is 7.11. The first kappa shape index (κ1) is 23.2. The molecule has 0 aromatic rings. The molecule has 0 fully saturated rings. The van der Waals surface area contributed by atoms with Crippen molar-refractivity contribution in [2.75, 3.05) is 7.11 Å². The van der Waals surface area contributed by atoms with Gasteiger partial charge in [0, 0.05) is 0 Å². The van der Waals surface area contributed by atoms with Crippen LogP contribution in [0.2, 0.25) is 0 Å². The van der Waals surface area contributed by atoms with E-state index in [0.29, 0.717) is 0 Å². The van der Waals surface area contributed by atoms with Gasteiger partial charge in [0.1, 0.15) is 0 Å². The van der Waals surface area contributed by atoms with E-state index in [4.69, 9.17) is 24.9 Å². The first-order chi connectivity index (χ1) is 10.3. The van der Waals surface area contributed by atoms with Gasteiger partial charge in [-0.15, -0.1) is 12.0 Å².